The van der Waals surface area contributed by atoms with Crippen LogP contribution in [0.25, 0.3) is 0 Å². The summed E-state index contributed by atoms with van der Waals surface area (Å²) < 4.78 is 22.6. The molecule has 6 heteroatoms. The van der Waals surface area contributed by atoms with Gasteiger partial charge in [0, 0.05) is 11.8 Å². The fraction of sp³-hybridized carbons (Fsp3) is 0.750. The van der Waals surface area contributed by atoms with Crippen molar-refractivity contribution in [1.82, 2.24) is 4.72 Å². The third-order valence-electron chi connectivity index (χ3n) is 0.621. The van der Waals surface area contributed by atoms with Gasteiger partial charge in [-0.3, -0.25) is 9.52 Å². The number of carbonyl (C=O) groups is 1. The van der Waals surface area contributed by atoms with Crippen LogP contribution in [-0.4, -0.2) is 25.9 Å². The highest BCUT2D eigenvalue weighted by Crippen LogP contribution is 1.87. The van der Waals surface area contributed by atoms with Crippen LogP contribution < -0.4 is 4.72 Å². The Morgan fingerprint density at radius 3 is 2.40 bits per heavy atom. The van der Waals surface area contributed by atoms with Crippen LogP contribution in [0.3, 0.4) is 0 Å². The molecule has 0 saturated carbocycles. The molecule has 0 rings (SSSR count). The molecule has 0 fully saturated rings. The molecule has 0 aromatic heterocycles. The summed E-state index contributed by atoms with van der Waals surface area (Å²) in [6.45, 7) is 0. The number of carbonyl (C=O) groups excluding carboxylic acids is 1. The Kier molecular flexibility index (Phi) is 3.88. The van der Waals surface area contributed by atoms with Crippen molar-refractivity contribution in [2.75, 3.05) is 11.6 Å². The van der Waals surface area contributed by atoms with Gasteiger partial charge in [0.05, 0.1) is 6.26 Å². The average molecular weight is 230 g/mol. The highest BCUT2D eigenvalue weighted by Gasteiger charge is 2.05. The maximum absolute atomic E-state index is 10.5. The van der Waals surface area contributed by atoms with E-state index in [4.69, 9.17) is 0 Å². The molecule has 0 spiro atoms. The van der Waals surface area contributed by atoms with Gasteiger partial charge in [0.1, 0.15) is 0 Å². The van der Waals surface area contributed by atoms with E-state index in [1.54, 1.807) is 0 Å². The fourth-order valence-corrected chi connectivity index (χ4v) is 1.22. The van der Waals surface area contributed by atoms with E-state index in [2.05, 4.69) is 15.9 Å². The first kappa shape index (κ1) is 9.90. The Morgan fingerprint density at radius 1 is 1.60 bits per heavy atom. The van der Waals surface area contributed by atoms with Crippen LogP contribution in [0.15, 0.2) is 0 Å². The van der Waals surface area contributed by atoms with E-state index < -0.39 is 15.9 Å². The molecule has 0 unspecified atom stereocenters. The number of alkyl halides is 1. The zero-order valence-electron chi connectivity index (χ0n) is 5.43. The molecule has 1 amide bonds. The standard InChI is InChI=1S/C4H8BrNO3S/c1-10(8,9)6-4(7)2-3-5/h2-3H2,1H3,(H,6,7). The number of sulfonamides is 1. The van der Waals surface area contributed by atoms with Gasteiger partial charge >= 0.3 is 0 Å². The van der Waals surface area contributed by atoms with Crippen molar-refractivity contribution in [3.63, 3.8) is 0 Å². The van der Waals surface area contributed by atoms with Crippen LogP contribution in [0.1, 0.15) is 6.42 Å². The van der Waals surface area contributed by atoms with E-state index in [1.165, 1.54) is 0 Å². The van der Waals surface area contributed by atoms with Gasteiger partial charge in [0.25, 0.3) is 0 Å². The predicted octanol–water partition coefficient (Wildman–Crippen LogP) is -0.153. The predicted molar refractivity (Wildman–Crippen MR) is 41.4 cm³/mol. The van der Waals surface area contributed by atoms with Gasteiger partial charge in [-0.25, -0.2) is 8.42 Å². The zero-order valence-corrected chi connectivity index (χ0v) is 7.83. The molecular weight excluding hydrogens is 222 g/mol. The number of amides is 1. The summed E-state index contributed by atoms with van der Waals surface area (Å²) in [6.07, 6.45) is 1.12. The van der Waals surface area contributed by atoms with Gasteiger partial charge in [-0.15, -0.1) is 0 Å². The molecule has 60 valence electrons. The SMILES string of the molecule is CS(=O)(=O)NC(=O)CCBr. The second kappa shape index (κ2) is 3.92. The maximum Gasteiger partial charge on any atom is 0.234 e. The summed E-state index contributed by atoms with van der Waals surface area (Å²) >= 11 is 3.00. The first-order valence-electron chi connectivity index (χ1n) is 2.52. The summed E-state index contributed by atoms with van der Waals surface area (Å²) in [4.78, 5) is 10.5. The average Bonchev–Trinajstić information content (AvgIpc) is 1.59. The summed E-state index contributed by atoms with van der Waals surface area (Å²) in [6, 6.07) is 0. The first-order valence-corrected chi connectivity index (χ1v) is 5.53. The van der Waals surface area contributed by atoms with Crippen LogP contribution in [0, 0.1) is 0 Å². The van der Waals surface area contributed by atoms with Crippen LogP contribution in [0.5, 0.6) is 0 Å². The zero-order chi connectivity index (χ0) is 8.20. The molecule has 0 aromatic rings. The number of rotatable bonds is 3. The molecular formula is C4H8BrNO3S. The molecule has 0 aliphatic rings. The van der Waals surface area contributed by atoms with E-state index in [1.807, 2.05) is 4.72 Å². The van der Waals surface area contributed by atoms with Crippen molar-refractivity contribution < 1.29 is 13.2 Å². The van der Waals surface area contributed by atoms with Crippen LogP contribution in [0.2, 0.25) is 0 Å². The smallest absolute Gasteiger partial charge is 0.234 e. The van der Waals surface area contributed by atoms with E-state index in [0.29, 0.717) is 5.33 Å². The minimum absolute atomic E-state index is 0.174. The lowest BCUT2D eigenvalue weighted by molar-refractivity contribution is -0.118. The molecule has 0 aliphatic carbocycles. The summed E-state index contributed by atoms with van der Waals surface area (Å²) in [5.41, 5.74) is 0. The van der Waals surface area contributed by atoms with Gasteiger partial charge in [-0.05, 0) is 0 Å². The largest absolute Gasteiger partial charge is 0.274 e. The Bertz CT molecular complexity index is 211. The third kappa shape index (κ3) is 6.03. The lowest BCUT2D eigenvalue weighted by Crippen LogP contribution is -2.29. The molecule has 0 bridgehead atoms. The molecule has 0 aromatic carbocycles. The molecule has 0 saturated heterocycles. The Balaban J connectivity index is 3.82. The molecule has 1 N–H and O–H groups in total. The monoisotopic (exact) mass is 229 g/mol. The molecule has 0 heterocycles. The second-order valence-electron chi connectivity index (χ2n) is 1.74. The minimum atomic E-state index is -3.37. The lowest BCUT2D eigenvalue weighted by Gasteiger charge is -1.98. The van der Waals surface area contributed by atoms with E-state index >= 15 is 0 Å². The summed E-state index contributed by atoms with van der Waals surface area (Å²) in [5.74, 6) is -0.487. The topological polar surface area (TPSA) is 63.2 Å². The quantitative estimate of drug-likeness (QED) is 0.685. The van der Waals surface area contributed by atoms with Gasteiger partial charge in [0.15, 0.2) is 0 Å². The van der Waals surface area contributed by atoms with E-state index in [9.17, 15) is 13.2 Å². The van der Waals surface area contributed by atoms with Crippen LogP contribution in [0.4, 0.5) is 0 Å². The summed E-state index contributed by atoms with van der Waals surface area (Å²) in [5, 5.41) is 0.467. The number of hydrogen-bond donors (Lipinski definition) is 1. The minimum Gasteiger partial charge on any atom is -0.274 e. The highest BCUT2D eigenvalue weighted by molar-refractivity contribution is 9.09. The van der Waals surface area contributed by atoms with E-state index in [0.717, 1.165) is 6.26 Å². The van der Waals surface area contributed by atoms with Gasteiger partial charge < -0.3 is 0 Å². The van der Waals surface area contributed by atoms with Crippen molar-refractivity contribution in [2.24, 2.45) is 0 Å². The molecule has 0 atom stereocenters. The second-order valence-corrected chi connectivity index (χ2v) is 4.28. The summed E-state index contributed by atoms with van der Waals surface area (Å²) in [7, 11) is -3.37. The number of hydrogen-bond acceptors (Lipinski definition) is 3. The van der Waals surface area contributed by atoms with Crippen molar-refractivity contribution in [2.45, 2.75) is 6.42 Å². The Morgan fingerprint density at radius 2 is 2.10 bits per heavy atom. The van der Waals surface area contributed by atoms with Gasteiger partial charge in [-0.2, -0.15) is 0 Å². The number of halogens is 1. The van der Waals surface area contributed by atoms with Gasteiger partial charge in [0.2, 0.25) is 15.9 Å². The normalized spacial score (nSPS) is 11.0. The van der Waals surface area contributed by atoms with Crippen molar-refractivity contribution >= 4 is 31.9 Å². The van der Waals surface area contributed by atoms with Crippen molar-refractivity contribution in [1.29, 1.82) is 0 Å². The molecule has 10 heavy (non-hydrogen) atoms. The lowest BCUT2D eigenvalue weighted by atomic mass is 10.5. The van der Waals surface area contributed by atoms with Crippen LogP contribution >= 0.6 is 15.9 Å². The Labute approximate surface area is 68.2 Å². The first-order chi connectivity index (χ1) is 4.45. The number of nitrogens with one attached hydrogen (secondary N) is 1. The maximum atomic E-state index is 10.5. The van der Waals surface area contributed by atoms with E-state index in [-0.39, 0.29) is 6.42 Å². The van der Waals surface area contributed by atoms with Crippen molar-refractivity contribution in [3.05, 3.63) is 0 Å². The highest BCUT2D eigenvalue weighted by atomic mass is 79.9. The fourth-order valence-electron chi connectivity index (χ4n) is 0.344. The Hall–Kier alpha value is -0.100. The van der Waals surface area contributed by atoms with Gasteiger partial charge in [-0.1, -0.05) is 15.9 Å². The van der Waals surface area contributed by atoms with Crippen molar-refractivity contribution in [3.8, 4) is 0 Å². The third-order valence-corrected chi connectivity index (χ3v) is 1.62. The van der Waals surface area contributed by atoms with Crippen LogP contribution in [-0.2, 0) is 14.8 Å². The molecule has 0 radical (unpaired) electrons. The molecule has 0 aliphatic heterocycles. The molecule has 4 nitrogen and oxygen atoms in total.